The number of hydrogen-bond acceptors (Lipinski definition) is 5. The first kappa shape index (κ1) is 19.7. The van der Waals surface area contributed by atoms with Gasteiger partial charge >= 0.3 is 6.18 Å². The van der Waals surface area contributed by atoms with E-state index in [0.717, 1.165) is 12.1 Å². The Morgan fingerprint density at radius 1 is 1.15 bits per heavy atom. The third-order valence-electron chi connectivity index (χ3n) is 3.53. The van der Waals surface area contributed by atoms with E-state index in [9.17, 15) is 18.0 Å². The van der Waals surface area contributed by atoms with Gasteiger partial charge in [0, 0.05) is 11.8 Å². The van der Waals surface area contributed by atoms with Crippen molar-refractivity contribution < 1.29 is 22.5 Å². The molecule has 0 saturated carbocycles. The molecule has 4 nitrogen and oxygen atoms in total. The molecule has 0 saturated heterocycles. The van der Waals surface area contributed by atoms with Gasteiger partial charge in [-0.15, -0.1) is 0 Å². The van der Waals surface area contributed by atoms with Crippen LogP contribution in [0.25, 0.3) is 11.3 Å². The number of benzene rings is 1. The Labute approximate surface area is 165 Å². The molecule has 0 aliphatic rings. The number of nitrogens with zero attached hydrogens (tertiary/aromatic N) is 2. The van der Waals surface area contributed by atoms with Gasteiger partial charge in [-0.05, 0) is 43.0 Å². The summed E-state index contributed by atoms with van der Waals surface area (Å²) in [5, 5.41) is 3.09. The number of halogens is 5. The zero-order valence-electron chi connectivity index (χ0n) is 13.5. The maximum atomic E-state index is 13.1. The van der Waals surface area contributed by atoms with Crippen molar-refractivity contribution in [2.75, 3.05) is 0 Å². The van der Waals surface area contributed by atoms with E-state index in [1.807, 2.05) is 0 Å². The molecule has 0 radical (unpaired) electrons. The van der Waals surface area contributed by atoms with E-state index >= 15 is 0 Å². The summed E-state index contributed by atoms with van der Waals surface area (Å²) in [7, 11) is 0. The van der Waals surface area contributed by atoms with Crippen molar-refractivity contribution in [3.05, 3.63) is 63.5 Å². The van der Waals surface area contributed by atoms with E-state index in [4.69, 9.17) is 27.7 Å². The maximum absolute atomic E-state index is 13.1. The Balaban J connectivity index is 2.05. The molecule has 3 rings (SSSR count). The molecule has 0 bridgehead atoms. The van der Waals surface area contributed by atoms with Gasteiger partial charge in [0.25, 0.3) is 0 Å². The number of thioether (sulfide) groups is 1. The smallest absolute Gasteiger partial charge is 0.360 e. The monoisotopic (exact) mass is 432 g/mol. The lowest BCUT2D eigenvalue weighted by molar-refractivity contribution is -0.140. The predicted octanol–water partition coefficient (Wildman–Crippen LogP) is 6.30. The lowest BCUT2D eigenvalue weighted by Crippen LogP contribution is -2.09. The molecule has 0 aliphatic carbocycles. The van der Waals surface area contributed by atoms with Crippen LogP contribution in [-0.2, 0) is 6.18 Å². The number of carbonyl (C=O) groups excluding carboxylic acids is 1. The third kappa shape index (κ3) is 3.97. The summed E-state index contributed by atoms with van der Waals surface area (Å²) in [6, 6.07) is 6.72. The van der Waals surface area contributed by atoms with E-state index in [0.29, 0.717) is 11.8 Å². The highest BCUT2D eigenvalue weighted by Crippen LogP contribution is 2.40. The van der Waals surface area contributed by atoms with Gasteiger partial charge < -0.3 is 4.52 Å². The van der Waals surface area contributed by atoms with E-state index < -0.39 is 21.9 Å². The van der Waals surface area contributed by atoms with Crippen LogP contribution in [0.2, 0.25) is 10.0 Å². The minimum atomic E-state index is -4.64. The normalized spacial score (nSPS) is 11.6. The molecule has 140 valence electrons. The van der Waals surface area contributed by atoms with Crippen LogP contribution in [0, 0.1) is 6.92 Å². The van der Waals surface area contributed by atoms with Crippen LogP contribution in [-0.4, -0.2) is 15.3 Å². The molecule has 2 aromatic heterocycles. The van der Waals surface area contributed by atoms with Crippen LogP contribution in [0.1, 0.15) is 21.7 Å². The highest BCUT2D eigenvalue weighted by atomic mass is 35.5. The molecular weight excluding hydrogens is 424 g/mol. The van der Waals surface area contributed by atoms with Gasteiger partial charge in [0.1, 0.15) is 16.5 Å². The molecule has 0 amide bonds. The molecule has 0 fully saturated rings. The summed E-state index contributed by atoms with van der Waals surface area (Å²) in [5.41, 5.74) is -0.702. The number of aryl methyl sites for hydroxylation is 1. The molecule has 27 heavy (non-hydrogen) atoms. The van der Waals surface area contributed by atoms with Crippen LogP contribution < -0.4 is 0 Å². The lowest BCUT2D eigenvalue weighted by Gasteiger charge is -2.10. The average Bonchev–Trinajstić information content (AvgIpc) is 2.95. The Morgan fingerprint density at radius 3 is 2.44 bits per heavy atom. The summed E-state index contributed by atoms with van der Waals surface area (Å²) in [4.78, 5) is 16.4. The molecule has 0 N–H and O–H groups in total. The van der Waals surface area contributed by atoms with Crippen molar-refractivity contribution in [2.24, 2.45) is 0 Å². The molecule has 1 aromatic carbocycles. The molecule has 3 aromatic rings. The number of rotatable bonds is 3. The van der Waals surface area contributed by atoms with Gasteiger partial charge in [-0.2, -0.15) is 13.2 Å². The van der Waals surface area contributed by atoms with Crippen molar-refractivity contribution in [3.63, 3.8) is 0 Å². The van der Waals surface area contributed by atoms with Crippen LogP contribution in [0.5, 0.6) is 0 Å². The van der Waals surface area contributed by atoms with E-state index in [1.54, 1.807) is 18.2 Å². The van der Waals surface area contributed by atoms with Crippen LogP contribution in [0.3, 0.4) is 0 Å². The highest BCUT2D eigenvalue weighted by Gasteiger charge is 2.35. The SMILES string of the molecule is Cc1onc(-c2c(Cl)cccc2Cl)c1C(=O)Sc1ncccc1C(F)(F)F. The van der Waals surface area contributed by atoms with E-state index in [1.165, 1.54) is 13.1 Å². The predicted molar refractivity (Wildman–Crippen MR) is 96.1 cm³/mol. The number of carbonyl (C=O) groups is 1. The second kappa shape index (κ2) is 7.53. The third-order valence-corrected chi connectivity index (χ3v) is 5.07. The minimum Gasteiger partial charge on any atom is -0.360 e. The van der Waals surface area contributed by atoms with Crippen molar-refractivity contribution in [1.82, 2.24) is 10.1 Å². The van der Waals surface area contributed by atoms with Crippen LogP contribution >= 0.6 is 35.0 Å². The average molecular weight is 433 g/mol. The molecule has 2 heterocycles. The fraction of sp³-hybridized carbons (Fsp3) is 0.118. The summed E-state index contributed by atoms with van der Waals surface area (Å²) >= 11 is 12.6. The largest absolute Gasteiger partial charge is 0.419 e. The molecule has 10 heteroatoms. The fourth-order valence-corrected chi connectivity index (χ4v) is 3.84. The molecule has 0 aliphatic heterocycles. The Kier molecular flexibility index (Phi) is 5.50. The topological polar surface area (TPSA) is 56.0 Å². The fourth-order valence-electron chi connectivity index (χ4n) is 2.33. The van der Waals surface area contributed by atoms with Gasteiger partial charge in [-0.1, -0.05) is 34.4 Å². The van der Waals surface area contributed by atoms with Gasteiger partial charge in [-0.3, -0.25) is 4.79 Å². The van der Waals surface area contributed by atoms with Gasteiger partial charge in [0.05, 0.1) is 21.2 Å². The number of pyridine rings is 1. The van der Waals surface area contributed by atoms with E-state index in [2.05, 4.69) is 10.1 Å². The number of hydrogen-bond donors (Lipinski definition) is 0. The summed E-state index contributed by atoms with van der Waals surface area (Å²) in [5.74, 6) is 0.128. The van der Waals surface area contributed by atoms with Gasteiger partial charge in [-0.25, -0.2) is 4.98 Å². The minimum absolute atomic E-state index is 0.0197. The van der Waals surface area contributed by atoms with Crippen molar-refractivity contribution in [1.29, 1.82) is 0 Å². The molecule has 0 spiro atoms. The Hall–Kier alpha value is -2.03. The van der Waals surface area contributed by atoms with Crippen LogP contribution in [0.15, 0.2) is 46.1 Å². The standard InChI is InChI=1S/C17H9Cl2F3N2O2S/c1-8-12(14(24-26-8)13-10(18)5-2-6-11(13)19)16(25)27-15-9(17(20,21)22)4-3-7-23-15/h2-7H,1H3. The first-order valence-corrected chi connectivity index (χ1v) is 8.92. The second-order valence-electron chi connectivity index (χ2n) is 5.30. The van der Waals surface area contributed by atoms with Crippen molar-refractivity contribution >= 4 is 40.1 Å². The molecule has 0 unspecified atom stereocenters. The summed E-state index contributed by atoms with van der Waals surface area (Å²) in [6.45, 7) is 1.47. The van der Waals surface area contributed by atoms with Crippen molar-refractivity contribution in [2.45, 2.75) is 18.1 Å². The van der Waals surface area contributed by atoms with E-state index in [-0.39, 0.29) is 32.6 Å². The van der Waals surface area contributed by atoms with Crippen LogP contribution in [0.4, 0.5) is 13.2 Å². The lowest BCUT2D eigenvalue weighted by atomic mass is 10.1. The van der Waals surface area contributed by atoms with Crippen molar-refractivity contribution in [3.8, 4) is 11.3 Å². The summed E-state index contributed by atoms with van der Waals surface area (Å²) in [6.07, 6.45) is -3.47. The number of aromatic nitrogens is 2. The zero-order valence-corrected chi connectivity index (χ0v) is 15.8. The van der Waals surface area contributed by atoms with Gasteiger partial charge in [0.15, 0.2) is 0 Å². The maximum Gasteiger partial charge on any atom is 0.419 e. The first-order valence-electron chi connectivity index (χ1n) is 7.35. The number of alkyl halides is 3. The quantitative estimate of drug-likeness (QED) is 0.454. The molecular formula is C17H9Cl2F3N2O2S. The summed E-state index contributed by atoms with van der Waals surface area (Å²) < 4.78 is 44.5. The second-order valence-corrected chi connectivity index (χ2v) is 7.08. The first-order chi connectivity index (χ1) is 12.7. The zero-order chi connectivity index (χ0) is 19.8. The highest BCUT2D eigenvalue weighted by molar-refractivity contribution is 8.14. The Morgan fingerprint density at radius 2 is 1.81 bits per heavy atom. The molecule has 0 atom stereocenters. The Bertz CT molecular complexity index is 1000. The van der Waals surface area contributed by atoms with Gasteiger partial charge in [0.2, 0.25) is 5.12 Å².